The predicted octanol–water partition coefficient (Wildman–Crippen LogP) is 2.88. The highest BCUT2D eigenvalue weighted by Gasteiger charge is 2.33. The Bertz CT molecular complexity index is 535. The van der Waals surface area contributed by atoms with Crippen LogP contribution in [-0.4, -0.2) is 24.2 Å². The van der Waals surface area contributed by atoms with E-state index in [1.165, 1.54) is 12.1 Å². The zero-order valence-corrected chi connectivity index (χ0v) is 10.7. The number of carbonyl (C=O) groups is 1. The van der Waals surface area contributed by atoms with Crippen LogP contribution in [-0.2, 0) is 11.0 Å². The van der Waals surface area contributed by atoms with Crippen molar-refractivity contribution in [1.82, 2.24) is 0 Å². The minimum absolute atomic E-state index is 0.128. The summed E-state index contributed by atoms with van der Waals surface area (Å²) in [5.74, 6) is -0.990. The van der Waals surface area contributed by atoms with Crippen LogP contribution in [0.25, 0.3) is 0 Å². The molecule has 0 atom stereocenters. The van der Waals surface area contributed by atoms with Gasteiger partial charge in [-0.25, -0.2) is 0 Å². The number of alkyl halides is 3. The Balaban J connectivity index is 3.08. The minimum Gasteiger partial charge on any atom is -0.481 e. The summed E-state index contributed by atoms with van der Waals surface area (Å²) in [6, 6.07) is 4.75. The highest BCUT2D eigenvalue weighted by Crippen LogP contribution is 2.33. The molecule has 1 N–H and O–H groups in total. The Hall–Kier alpha value is -2.23. The highest BCUT2D eigenvalue weighted by atomic mass is 19.4. The van der Waals surface area contributed by atoms with E-state index < -0.39 is 23.3 Å². The molecule has 7 heteroatoms. The molecule has 0 heterocycles. The summed E-state index contributed by atoms with van der Waals surface area (Å²) in [6.07, 6.45) is -4.71. The maximum atomic E-state index is 12.7. The topological polar surface area (TPSA) is 64.3 Å². The Labute approximate surface area is 114 Å². The molecule has 1 aromatic rings. The van der Waals surface area contributed by atoms with Gasteiger partial charge in [-0.1, -0.05) is 0 Å². The SMILES string of the molecule is CCN(CCC(=O)O)c1ccc(C(F)(F)F)c(C#N)c1. The van der Waals surface area contributed by atoms with Gasteiger partial charge in [-0.3, -0.25) is 4.79 Å². The van der Waals surface area contributed by atoms with Gasteiger partial charge < -0.3 is 10.0 Å². The quantitative estimate of drug-likeness (QED) is 0.904. The van der Waals surface area contributed by atoms with Crippen molar-refractivity contribution in [1.29, 1.82) is 5.26 Å². The highest BCUT2D eigenvalue weighted by molar-refractivity contribution is 5.68. The summed E-state index contributed by atoms with van der Waals surface area (Å²) in [5.41, 5.74) is -1.06. The number of hydrogen-bond acceptors (Lipinski definition) is 3. The third-order valence-corrected chi connectivity index (χ3v) is 2.77. The second-order valence-corrected chi connectivity index (χ2v) is 4.06. The Morgan fingerprint density at radius 1 is 1.45 bits per heavy atom. The zero-order chi connectivity index (χ0) is 15.3. The second-order valence-electron chi connectivity index (χ2n) is 4.06. The third kappa shape index (κ3) is 3.88. The summed E-state index contributed by atoms with van der Waals surface area (Å²) in [4.78, 5) is 12.1. The average molecular weight is 286 g/mol. The van der Waals surface area contributed by atoms with Gasteiger partial charge in [0, 0.05) is 18.8 Å². The first kappa shape index (κ1) is 15.8. The van der Waals surface area contributed by atoms with Crippen molar-refractivity contribution < 1.29 is 23.1 Å². The molecule has 0 unspecified atom stereocenters. The largest absolute Gasteiger partial charge is 0.481 e. The molecule has 1 rings (SSSR count). The predicted molar refractivity (Wildman–Crippen MR) is 66.3 cm³/mol. The van der Waals surface area contributed by atoms with E-state index in [9.17, 15) is 18.0 Å². The maximum Gasteiger partial charge on any atom is 0.417 e. The Morgan fingerprint density at radius 2 is 2.10 bits per heavy atom. The monoisotopic (exact) mass is 286 g/mol. The summed E-state index contributed by atoms with van der Waals surface area (Å²) < 4.78 is 38.0. The van der Waals surface area contributed by atoms with Crippen LogP contribution in [0.15, 0.2) is 18.2 Å². The Morgan fingerprint density at radius 3 is 2.55 bits per heavy atom. The molecule has 0 aliphatic carbocycles. The van der Waals surface area contributed by atoms with Crippen LogP contribution in [0.3, 0.4) is 0 Å². The van der Waals surface area contributed by atoms with Crippen molar-refractivity contribution in [3.8, 4) is 6.07 Å². The standard InChI is InChI=1S/C13H13F3N2O2/c1-2-18(6-5-12(19)20)10-3-4-11(13(14,15)16)9(7-10)8-17/h3-4,7H,2,5-6H2,1H3,(H,19,20). The van der Waals surface area contributed by atoms with Crippen molar-refractivity contribution in [2.24, 2.45) is 0 Å². The fraction of sp³-hybridized carbons (Fsp3) is 0.385. The van der Waals surface area contributed by atoms with Gasteiger partial charge >= 0.3 is 12.1 Å². The number of carboxylic acids is 1. The van der Waals surface area contributed by atoms with Gasteiger partial charge in [0.25, 0.3) is 0 Å². The molecule has 0 fully saturated rings. The number of halogens is 3. The molecule has 0 aromatic heterocycles. The number of benzene rings is 1. The number of aliphatic carboxylic acids is 1. The second kappa shape index (κ2) is 6.28. The van der Waals surface area contributed by atoms with Crippen molar-refractivity contribution >= 4 is 11.7 Å². The van der Waals surface area contributed by atoms with Crippen molar-refractivity contribution in [2.75, 3.05) is 18.0 Å². The molecule has 0 spiro atoms. The van der Waals surface area contributed by atoms with Crippen LogP contribution in [0.2, 0.25) is 0 Å². The number of hydrogen-bond donors (Lipinski definition) is 1. The van der Waals surface area contributed by atoms with Gasteiger partial charge in [-0.15, -0.1) is 0 Å². The number of carboxylic acid groups (broad SMARTS) is 1. The average Bonchev–Trinajstić information content (AvgIpc) is 2.37. The van der Waals surface area contributed by atoms with Crippen molar-refractivity contribution in [3.05, 3.63) is 29.3 Å². The summed E-state index contributed by atoms with van der Waals surface area (Å²) in [5, 5.41) is 17.4. The first-order valence-electron chi connectivity index (χ1n) is 5.87. The fourth-order valence-corrected chi connectivity index (χ4v) is 1.77. The molecule has 108 valence electrons. The van der Waals surface area contributed by atoms with E-state index in [1.807, 2.05) is 0 Å². The molecular weight excluding hydrogens is 273 g/mol. The van der Waals surface area contributed by atoms with E-state index in [0.29, 0.717) is 12.2 Å². The summed E-state index contributed by atoms with van der Waals surface area (Å²) >= 11 is 0. The summed E-state index contributed by atoms with van der Waals surface area (Å²) in [6.45, 7) is 2.36. The van der Waals surface area contributed by atoms with E-state index >= 15 is 0 Å². The number of rotatable bonds is 5. The molecule has 20 heavy (non-hydrogen) atoms. The zero-order valence-electron chi connectivity index (χ0n) is 10.7. The molecule has 0 radical (unpaired) electrons. The van der Waals surface area contributed by atoms with Gasteiger partial charge in [0.2, 0.25) is 0 Å². The van der Waals surface area contributed by atoms with E-state index in [2.05, 4.69) is 0 Å². The lowest BCUT2D eigenvalue weighted by atomic mass is 10.1. The van der Waals surface area contributed by atoms with Crippen LogP contribution in [0.4, 0.5) is 18.9 Å². The molecule has 0 aliphatic rings. The van der Waals surface area contributed by atoms with Gasteiger partial charge in [0.05, 0.1) is 23.6 Å². The number of nitrogens with zero attached hydrogens (tertiary/aromatic N) is 2. The van der Waals surface area contributed by atoms with E-state index in [1.54, 1.807) is 11.8 Å². The number of anilines is 1. The number of nitriles is 1. The molecule has 0 saturated heterocycles. The van der Waals surface area contributed by atoms with Gasteiger partial charge in [0.1, 0.15) is 0 Å². The third-order valence-electron chi connectivity index (χ3n) is 2.77. The van der Waals surface area contributed by atoms with Crippen molar-refractivity contribution in [2.45, 2.75) is 19.5 Å². The van der Waals surface area contributed by atoms with Gasteiger partial charge in [0.15, 0.2) is 0 Å². The van der Waals surface area contributed by atoms with Gasteiger partial charge in [-0.2, -0.15) is 18.4 Å². The van der Waals surface area contributed by atoms with Crippen LogP contribution >= 0.6 is 0 Å². The van der Waals surface area contributed by atoms with Crippen LogP contribution in [0.1, 0.15) is 24.5 Å². The first-order chi connectivity index (χ1) is 9.29. The van der Waals surface area contributed by atoms with E-state index in [0.717, 1.165) is 12.1 Å². The molecule has 4 nitrogen and oxygen atoms in total. The van der Waals surface area contributed by atoms with E-state index in [4.69, 9.17) is 10.4 Å². The lowest BCUT2D eigenvalue weighted by Gasteiger charge is -2.23. The lowest BCUT2D eigenvalue weighted by molar-refractivity contribution is -0.138. The Kier molecular flexibility index (Phi) is 4.97. The first-order valence-corrected chi connectivity index (χ1v) is 5.87. The molecular formula is C13H13F3N2O2. The minimum atomic E-state index is -4.58. The lowest BCUT2D eigenvalue weighted by Crippen LogP contribution is -2.26. The molecule has 0 aliphatic heterocycles. The maximum absolute atomic E-state index is 12.7. The van der Waals surface area contributed by atoms with Crippen LogP contribution < -0.4 is 4.90 Å². The summed E-state index contributed by atoms with van der Waals surface area (Å²) in [7, 11) is 0. The van der Waals surface area contributed by atoms with E-state index in [-0.39, 0.29) is 13.0 Å². The smallest absolute Gasteiger partial charge is 0.417 e. The molecule has 0 bridgehead atoms. The normalized spacial score (nSPS) is 10.9. The molecule has 1 aromatic carbocycles. The molecule has 0 saturated carbocycles. The van der Waals surface area contributed by atoms with Crippen LogP contribution in [0.5, 0.6) is 0 Å². The molecule has 0 amide bonds. The fourth-order valence-electron chi connectivity index (χ4n) is 1.77. The van der Waals surface area contributed by atoms with Gasteiger partial charge in [-0.05, 0) is 25.1 Å². The van der Waals surface area contributed by atoms with Crippen LogP contribution in [0, 0.1) is 11.3 Å². The van der Waals surface area contributed by atoms with Crippen molar-refractivity contribution in [3.63, 3.8) is 0 Å².